The SMILES string of the molecule is COc1ccc(CNCCC(C)(C)CCC(=O)O)cc1. The van der Waals surface area contributed by atoms with E-state index in [0.29, 0.717) is 6.42 Å². The van der Waals surface area contributed by atoms with Gasteiger partial charge in [-0.1, -0.05) is 26.0 Å². The van der Waals surface area contributed by atoms with E-state index in [1.807, 2.05) is 24.3 Å². The maximum atomic E-state index is 10.6. The summed E-state index contributed by atoms with van der Waals surface area (Å²) < 4.78 is 5.12. The molecule has 4 heteroatoms. The predicted molar refractivity (Wildman–Crippen MR) is 80.0 cm³/mol. The fourth-order valence-electron chi connectivity index (χ4n) is 1.97. The van der Waals surface area contributed by atoms with Crippen LogP contribution in [0.3, 0.4) is 0 Å². The number of benzene rings is 1. The topological polar surface area (TPSA) is 58.6 Å². The Kier molecular flexibility index (Phi) is 6.52. The van der Waals surface area contributed by atoms with E-state index in [1.54, 1.807) is 7.11 Å². The first kappa shape index (κ1) is 16.5. The van der Waals surface area contributed by atoms with Crippen LogP contribution in [0.25, 0.3) is 0 Å². The minimum atomic E-state index is -0.718. The summed E-state index contributed by atoms with van der Waals surface area (Å²) in [6.45, 7) is 5.94. The smallest absolute Gasteiger partial charge is 0.303 e. The van der Waals surface area contributed by atoms with Crippen molar-refractivity contribution in [2.24, 2.45) is 5.41 Å². The average molecular weight is 279 g/mol. The molecular formula is C16H25NO3. The molecule has 0 radical (unpaired) electrons. The summed E-state index contributed by atoms with van der Waals surface area (Å²) in [4.78, 5) is 10.6. The normalized spacial score (nSPS) is 11.3. The van der Waals surface area contributed by atoms with E-state index in [4.69, 9.17) is 9.84 Å². The Morgan fingerprint density at radius 1 is 1.25 bits per heavy atom. The number of aliphatic carboxylic acids is 1. The van der Waals surface area contributed by atoms with E-state index in [1.165, 1.54) is 5.56 Å². The summed E-state index contributed by atoms with van der Waals surface area (Å²) >= 11 is 0. The molecule has 0 aliphatic rings. The summed E-state index contributed by atoms with van der Waals surface area (Å²) in [6.07, 6.45) is 1.93. The van der Waals surface area contributed by atoms with Gasteiger partial charge in [0.15, 0.2) is 0 Å². The number of hydrogen-bond acceptors (Lipinski definition) is 3. The van der Waals surface area contributed by atoms with Gasteiger partial charge in [-0.3, -0.25) is 4.79 Å². The lowest BCUT2D eigenvalue weighted by molar-refractivity contribution is -0.137. The van der Waals surface area contributed by atoms with Crippen LogP contribution in [-0.2, 0) is 11.3 Å². The molecule has 0 aliphatic carbocycles. The van der Waals surface area contributed by atoms with Crippen molar-refractivity contribution in [3.05, 3.63) is 29.8 Å². The van der Waals surface area contributed by atoms with Crippen molar-refractivity contribution in [3.63, 3.8) is 0 Å². The molecule has 0 spiro atoms. The summed E-state index contributed by atoms with van der Waals surface area (Å²) in [7, 11) is 1.66. The lowest BCUT2D eigenvalue weighted by atomic mass is 9.84. The molecule has 0 saturated carbocycles. The van der Waals surface area contributed by atoms with Gasteiger partial charge < -0.3 is 15.2 Å². The molecule has 2 N–H and O–H groups in total. The van der Waals surface area contributed by atoms with Gasteiger partial charge in [0, 0.05) is 13.0 Å². The van der Waals surface area contributed by atoms with Gasteiger partial charge in [-0.05, 0) is 42.5 Å². The first-order chi connectivity index (χ1) is 9.43. The molecule has 0 fully saturated rings. The zero-order valence-electron chi connectivity index (χ0n) is 12.6. The summed E-state index contributed by atoms with van der Waals surface area (Å²) in [5, 5.41) is 12.1. The van der Waals surface area contributed by atoms with Crippen LogP contribution in [0.1, 0.15) is 38.7 Å². The molecule has 0 saturated heterocycles. The molecule has 4 nitrogen and oxygen atoms in total. The van der Waals surface area contributed by atoms with Crippen LogP contribution >= 0.6 is 0 Å². The monoisotopic (exact) mass is 279 g/mol. The van der Waals surface area contributed by atoms with Crippen molar-refractivity contribution in [1.29, 1.82) is 0 Å². The van der Waals surface area contributed by atoms with Gasteiger partial charge in [-0.2, -0.15) is 0 Å². The summed E-state index contributed by atoms with van der Waals surface area (Å²) in [5.41, 5.74) is 1.28. The largest absolute Gasteiger partial charge is 0.497 e. The second kappa shape index (κ2) is 7.90. The third-order valence-electron chi connectivity index (χ3n) is 3.48. The minimum Gasteiger partial charge on any atom is -0.497 e. The lowest BCUT2D eigenvalue weighted by Crippen LogP contribution is -2.22. The molecule has 112 valence electrons. The molecule has 20 heavy (non-hydrogen) atoms. The highest BCUT2D eigenvalue weighted by Gasteiger charge is 2.18. The highest BCUT2D eigenvalue weighted by Crippen LogP contribution is 2.26. The molecule has 0 unspecified atom stereocenters. The maximum absolute atomic E-state index is 10.6. The van der Waals surface area contributed by atoms with E-state index < -0.39 is 5.97 Å². The van der Waals surface area contributed by atoms with Gasteiger partial charge in [-0.25, -0.2) is 0 Å². The molecule has 1 aromatic rings. The van der Waals surface area contributed by atoms with E-state index in [-0.39, 0.29) is 11.8 Å². The van der Waals surface area contributed by atoms with Crippen molar-refractivity contribution < 1.29 is 14.6 Å². The van der Waals surface area contributed by atoms with Gasteiger partial charge in [0.2, 0.25) is 0 Å². The maximum Gasteiger partial charge on any atom is 0.303 e. The molecule has 0 aromatic heterocycles. The zero-order valence-corrected chi connectivity index (χ0v) is 12.6. The van der Waals surface area contributed by atoms with Crippen molar-refractivity contribution in [1.82, 2.24) is 5.32 Å². The number of rotatable bonds is 9. The standard InChI is InChI=1S/C16H25NO3/c1-16(2,9-8-15(18)19)10-11-17-12-13-4-6-14(20-3)7-5-13/h4-7,17H,8-12H2,1-3H3,(H,18,19). The highest BCUT2D eigenvalue weighted by molar-refractivity contribution is 5.66. The molecule has 0 amide bonds. The Labute approximate surface area is 121 Å². The van der Waals surface area contributed by atoms with Crippen LogP contribution in [0.5, 0.6) is 5.75 Å². The third-order valence-corrected chi connectivity index (χ3v) is 3.48. The van der Waals surface area contributed by atoms with Gasteiger partial charge in [0.05, 0.1) is 7.11 Å². The van der Waals surface area contributed by atoms with E-state index in [9.17, 15) is 4.79 Å². The Hall–Kier alpha value is -1.55. The van der Waals surface area contributed by atoms with Gasteiger partial charge in [-0.15, -0.1) is 0 Å². The van der Waals surface area contributed by atoms with Crippen molar-refractivity contribution in [2.45, 2.75) is 39.7 Å². The van der Waals surface area contributed by atoms with Crippen molar-refractivity contribution in [2.75, 3.05) is 13.7 Å². The molecule has 1 rings (SSSR count). The van der Waals surface area contributed by atoms with Crippen LogP contribution in [0.4, 0.5) is 0 Å². The van der Waals surface area contributed by atoms with E-state index in [0.717, 1.165) is 25.3 Å². The highest BCUT2D eigenvalue weighted by atomic mass is 16.5. The third kappa shape index (κ3) is 6.57. The van der Waals surface area contributed by atoms with Gasteiger partial charge in [0.25, 0.3) is 0 Å². The van der Waals surface area contributed by atoms with Crippen LogP contribution < -0.4 is 10.1 Å². The minimum absolute atomic E-state index is 0.0608. The number of carbonyl (C=O) groups is 1. The number of methoxy groups -OCH3 is 1. The molecule has 0 aliphatic heterocycles. The fraction of sp³-hybridized carbons (Fsp3) is 0.562. The summed E-state index contributed by atoms with van der Waals surface area (Å²) in [5.74, 6) is 0.146. The number of carboxylic acids is 1. The predicted octanol–water partition coefficient (Wildman–Crippen LogP) is 3.07. The Balaban J connectivity index is 2.24. The average Bonchev–Trinajstić information content (AvgIpc) is 2.42. The van der Waals surface area contributed by atoms with E-state index >= 15 is 0 Å². The number of hydrogen-bond donors (Lipinski definition) is 2. The van der Waals surface area contributed by atoms with Crippen LogP contribution in [0.15, 0.2) is 24.3 Å². The van der Waals surface area contributed by atoms with Crippen LogP contribution in [-0.4, -0.2) is 24.7 Å². The summed E-state index contributed by atoms with van der Waals surface area (Å²) in [6, 6.07) is 7.99. The van der Waals surface area contributed by atoms with Gasteiger partial charge >= 0.3 is 5.97 Å². The van der Waals surface area contributed by atoms with Crippen molar-refractivity contribution in [3.8, 4) is 5.75 Å². The number of carboxylic acid groups (broad SMARTS) is 1. The Bertz CT molecular complexity index is 412. The Morgan fingerprint density at radius 2 is 1.90 bits per heavy atom. The van der Waals surface area contributed by atoms with Crippen LogP contribution in [0, 0.1) is 5.41 Å². The molecule has 0 heterocycles. The molecule has 1 aromatic carbocycles. The molecule has 0 bridgehead atoms. The lowest BCUT2D eigenvalue weighted by Gasteiger charge is -2.23. The Morgan fingerprint density at radius 3 is 2.45 bits per heavy atom. The quantitative estimate of drug-likeness (QED) is 0.682. The van der Waals surface area contributed by atoms with Crippen molar-refractivity contribution >= 4 is 5.97 Å². The number of nitrogens with one attached hydrogen (secondary N) is 1. The first-order valence-corrected chi connectivity index (χ1v) is 6.98. The zero-order chi connectivity index (χ0) is 15.0. The van der Waals surface area contributed by atoms with E-state index in [2.05, 4.69) is 19.2 Å². The molecule has 0 atom stereocenters. The second-order valence-electron chi connectivity index (χ2n) is 5.83. The second-order valence-corrected chi connectivity index (χ2v) is 5.83. The molecular weight excluding hydrogens is 254 g/mol. The first-order valence-electron chi connectivity index (χ1n) is 6.98. The van der Waals surface area contributed by atoms with Gasteiger partial charge in [0.1, 0.15) is 5.75 Å². The van der Waals surface area contributed by atoms with Crippen LogP contribution in [0.2, 0.25) is 0 Å². The number of ether oxygens (including phenoxy) is 1. The fourth-order valence-corrected chi connectivity index (χ4v) is 1.97.